The largest absolute Gasteiger partial charge is 0.487 e. The lowest BCUT2D eigenvalue weighted by Gasteiger charge is -2.32. The van der Waals surface area contributed by atoms with E-state index in [0.717, 1.165) is 31.6 Å². The molecule has 26 heavy (non-hydrogen) atoms. The Kier molecular flexibility index (Phi) is 5.69. The number of ether oxygens (including phenoxy) is 1. The number of hydrogen-bond acceptors (Lipinski definition) is 3. The maximum absolute atomic E-state index is 12.6. The van der Waals surface area contributed by atoms with Crippen LogP contribution in [0.4, 0.5) is 5.69 Å². The molecule has 0 radical (unpaired) electrons. The smallest absolute Gasteiger partial charge is 0.227 e. The molecule has 1 amide bonds. The highest BCUT2D eigenvalue weighted by atomic mass is 16.5. The van der Waals surface area contributed by atoms with Crippen molar-refractivity contribution in [3.8, 4) is 5.75 Å². The quantitative estimate of drug-likeness (QED) is 0.771. The molecule has 1 heterocycles. The van der Waals surface area contributed by atoms with Crippen molar-refractivity contribution in [3.05, 3.63) is 23.8 Å². The maximum atomic E-state index is 12.6. The van der Waals surface area contributed by atoms with Gasteiger partial charge in [0.05, 0.1) is 12.0 Å². The number of benzene rings is 1. The van der Waals surface area contributed by atoms with Gasteiger partial charge in [-0.15, -0.1) is 0 Å². The van der Waals surface area contributed by atoms with Crippen molar-refractivity contribution in [1.29, 1.82) is 0 Å². The number of carbonyl (C=O) groups excluding carboxylic acids is 2. The fourth-order valence-corrected chi connectivity index (χ4v) is 4.18. The molecule has 1 aliphatic heterocycles. The van der Waals surface area contributed by atoms with Crippen LogP contribution in [0, 0.1) is 11.8 Å². The van der Waals surface area contributed by atoms with Gasteiger partial charge in [0, 0.05) is 11.6 Å². The second-order valence-corrected chi connectivity index (χ2v) is 8.52. The van der Waals surface area contributed by atoms with Crippen molar-refractivity contribution in [2.45, 2.75) is 77.7 Å². The first kappa shape index (κ1) is 18.9. The van der Waals surface area contributed by atoms with Gasteiger partial charge in [-0.1, -0.05) is 26.2 Å². The van der Waals surface area contributed by atoms with Gasteiger partial charge in [0.15, 0.2) is 5.78 Å². The summed E-state index contributed by atoms with van der Waals surface area (Å²) in [6, 6.07) is 5.39. The molecule has 1 N–H and O–H groups in total. The third kappa shape index (κ3) is 4.46. The minimum absolute atomic E-state index is 0.0729. The molecule has 4 heteroatoms. The number of ketones is 1. The molecule has 3 rings (SSSR count). The first-order valence-electron chi connectivity index (χ1n) is 10.0. The zero-order valence-corrected chi connectivity index (χ0v) is 16.3. The average molecular weight is 357 g/mol. The topological polar surface area (TPSA) is 55.4 Å². The standard InChI is InChI=1S/C22H31NO3/c1-4-5-6-15-7-9-16(10-8-15)21(25)23-17-11-12-20-18(13-17)19(24)14-22(2,3)26-20/h11-13,15-16H,4-10,14H2,1-3H3,(H,23,25). The third-order valence-corrected chi connectivity index (χ3v) is 5.70. The lowest BCUT2D eigenvalue weighted by molar-refractivity contribution is -0.121. The van der Waals surface area contributed by atoms with E-state index in [1.807, 2.05) is 19.9 Å². The van der Waals surface area contributed by atoms with Gasteiger partial charge in [0.2, 0.25) is 5.91 Å². The van der Waals surface area contributed by atoms with Crippen LogP contribution in [-0.4, -0.2) is 17.3 Å². The minimum atomic E-state index is -0.467. The van der Waals surface area contributed by atoms with E-state index in [2.05, 4.69) is 12.2 Å². The number of rotatable bonds is 5. The molecule has 1 aromatic carbocycles. The van der Waals surface area contributed by atoms with Crippen LogP contribution in [0.3, 0.4) is 0 Å². The first-order chi connectivity index (χ1) is 12.4. The molecule has 0 unspecified atom stereocenters. The average Bonchev–Trinajstić information content (AvgIpc) is 2.60. The van der Waals surface area contributed by atoms with Crippen LogP contribution in [-0.2, 0) is 4.79 Å². The van der Waals surface area contributed by atoms with Gasteiger partial charge in [-0.25, -0.2) is 0 Å². The monoisotopic (exact) mass is 357 g/mol. The van der Waals surface area contributed by atoms with E-state index in [0.29, 0.717) is 23.4 Å². The van der Waals surface area contributed by atoms with Crippen molar-refractivity contribution < 1.29 is 14.3 Å². The molecular weight excluding hydrogens is 326 g/mol. The van der Waals surface area contributed by atoms with Crippen LogP contribution < -0.4 is 10.1 Å². The molecule has 0 aromatic heterocycles. The Bertz CT molecular complexity index is 672. The van der Waals surface area contributed by atoms with Crippen molar-refractivity contribution in [2.75, 3.05) is 5.32 Å². The lowest BCUT2D eigenvalue weighted by atomic mass is 9.79. The summed E-state index contributed by atoms with van der Waals surface area (Å²) < 4.78 is 5.88. The van der Waals surface area contributed by atoms with Crippen LogP contribution >= 0.6 is 0 Å². The highest BCUT2D eigenvalue weighted by Crippen LogP contribution is 2.36. The molecule has 4 nitrogen and oxygen atoms in total. The predicted molar refractivity (Wildman–Crippen MR) is 104 cm³/mol. The fraction of sp³-hybridized carbons (Fsp3) is 0.636. The first-order valence-corrected chi connectivity index (χ1v) is 10.0. The summed E-state index contributed by atoms with van der Waals surface area (Å²) in [6.07, 6.45) is 8.46. The van der Waals surface area contributed by atoms with E-state index in [-0.39, 0.29) is 17.6 Å². The van der Waals surface area contributed by atoms with Gasteiger partial charge < -0.3 is 10.1 Å². The van der Waals surface area contributed by atoms with Crippen molar-refractivity contribution >= 4 is 17.4 Å². The van der Waals surface area contributed by atoms with Crippen molar-refractivity contribution in [3.63, 3.8) is 0 Å². The van der Waals surface area contributed by atoms with E-state index in [1.165, 1.54) is 19.3 Å². The van der Waals surface area contributed by atoms with Gasteiger partial charge in [-0.05, 0) is 63.6 Å². The van der Waals surface area contributed by atoms with Gasteiger partial charge in [0.25, 0.3) is 0 Å². The summed E-state index contributed by atoms with van der Waals surface area (Å²) in [4.78, 5) is 25.0. The zero-order chi connectivity index (χ0) is 18.7. The van der Waals surface area contributed by atoms with Crippen molar-refractivity contribution in [1.82, 2.24) is 0 Å². The summed E-state index contributed by atoms with van der Waals surface area (Å²) in [5.41, 5.74) is 0.801. The molecule has 142 valence electrons. The molecule has 1 fully saturated rings. The van der Waals surface area contributed by atoms with E-state index < -0.39 is 5.60 Å². The zero-order valence-electron chi connectivity index (χ0n) is 16.3. The van der Waals surface area contributed by atoms with E-state index in [4.69, 9.17) is 4.74 Å². The Morgan fingerprint density at radius 2 is 1.96 bits per heavy atom. The number of hydrogen-bond donors (Lipinski definition) is 1. The molecule has 1 saturated carbocycles. The lowest BCUT2D eigenvalue weighted by Crippen LogP contribution is -2.36. The molecule has 0 atom stereocenters. The maximum Gasteiger partial charge on any atom is 0.227 e. The Hall–Kier alpha value is -1.84. The van der Waals surface area contributed by atoms with Crippen LogP contribution in [0.25, 0.3) is 0 Å². The summed E-state index contributed by atoms with van der Waals surface area (Å²) in [5.74, 6) is 1.66. The Balaban J connectivity index is 1.59. The van der Waals surface area contributed by atoms with E-state index in [1.54, 1.807) is 12.1 Å². The number of nitrogens with one attached hydrogen (secondary N) is 1. The molecular formula is C22H31NO3. The summed E-state index contributed by atoms with van der Waals surface area (Å²) >= 11 is 0. The number of amides is 1. The van der Waals surface area contributed by atoms with Gasteiger partial charge in [-0.2, -0.15) is 0 Å². The number of fused-ring (bicyclic) bond motifs is 1. The molecule has 0 saturated heterocycles. The third-order valence-electron chi connectivity index (χ3n) is 5.70. The second kappa shape index (κ2) is 7.81. The number of unbranched alkanes of at least 4 members (excludes halogenated alkanes) is 1. The highest BCUT2D eigenvalue weighted by molar-refractivity contribution is 6.02. The Morgan fingerprint density at radius 3 is 2.65 bits per heavy atom. The van der Waals surface area contributed by atoms with Gasteiger partial charge >= 0.3 is 0 Å². The van der Waals surface area contributed by atoms with Gasteiger partial charge in [0.1, 0.15) is 11.4 Å². The Labute approximate surface area is 156 Å². The summed E-state index contributed by atoms with van der Waals surface area (Å²) in [6.45, 7) is 6.06. The molecule has 1 aromatic rings. The molecule has 0 spiro atoms. The van der Waals surface area contributed by atoms with Crippen molar-refractivity contribution in [2.24, 2.45) is 11.8 Å². The van der Waals surface area contributed by atoms with Gasteiger partial charge in [-0.3, -0.25) is 9.59 Å². The fourth-order valence-electron chi connectivity index (χ4n) is 4.18. The second-order valence-electron chi connectivity index (χ2n) is 8.52. The Morgan fingerprint density at radius 1 is 1.23 bits per heavy atom. The molecule has 1 aliphatic carbocycles. The SMILES string of the molecule is CCCCC1CCC(C(=O)Nc2ccc3c(c2)C(=O)CC(C)(C)O3)CC1. The van der Waals surface area contributed by atoms with E-state index in [9.17, 15) is 9.59 Å². The van der Waals surface area contributed by atoms with E-state index >= 15 is 0 Å². The normalized spacial score (nSPS) is 24.5. The number of Topliss-reactive ketones (excluding diaryl/α,β-unsaturated/α-hetero) is 1. The van der Waals surface area contributed by atoms with Crippen LogP contribution in [0.15, 0.2) is 18.2 Å². The van der Waals surface area contributed by atoms with Crippen LogP contribution in [0.5, 0.6) is 5.75 Å². The van der Waals surface area contributed by atoms with Crippen LogP contribution in [0.1, 0.15) is 82.5 Å². The van der Waals surface area contributed by atoms with Crippen LogP contribution in [0.2, 0.25) is 0 Å². The predicted octanol–water partition coefficient (Wildman–Crippen LogP) is 5.37. The number of carbonyl (C=O) groups is 2. The summed E-state index contributed by atoms with van der Waals surface area (Å²) in [7, 11) is 0. The molecule has 0 bridgehead atoms. The molecule has 2 aliphatic rings. The highest BCUT2D eigenvalue weighted by Gasteiger charge is 2.33. The number of anilines is 1. The summed E-state index contributed by atoms with van der Waals surface area (Å²) in [5, 5.41) is 3.01. The minimum Gasteiger partial charge on any atom is -0.487 e.